The van der Waals surface area contributed by atoms with Gasteiger partial charge in [-0.2, -0.15) is 0 Å². The quantitative estimate of drug-likeness (QED) is 0.0533. The zero-order chi connectivity index (χ0) is 32.0. The summed E-state index contributed by atoms with van der Waals surface area (Å²) in [6.07, 6.45) is 11.1. The van der Waals surface area contributed by atoms with Crippen molar-refractivity contribution in [3.8, 4) is 0 Å². The fourth-order valence-corrected chi connectivity index (χ4v) is 3.86. The maximum Gasteiger partial charge on any atom is 0.396 e. The lowest BCUT2D eigenvalue weighted by molar-refractivity contribution is -0.155. The van der Waals surface area contributed by atoms with Crippen LogP contribution in [0.1, 0.15) is 104 Å². The molecule has 0 aromatic heterocycles. The molecule has 0 fully saturated rings. The smallest absolute Gasteiger partial charge is 0.396 e. The molecule has 0 aromatic rings. The van der Waals surface area contributed by atoms with Gasteiger partial charge in [0, 0.05) is 59.3 Å². The fraction of sp³-hybridized carbons (Fsp3) is 0.871. The summed E-state index contributed by atoms with van der Waals surface area (Å²) in [4.78, 5) is 48.3. The normalized spacial score (nSPS) is 11.3. The van der Waals surface area contributed by atoms with Gasteiger partial charge in [0.05, 0.1) is 6.61 Å². The van der Waals surface area contributed by atoms with Crippen LogP contribution >= 0.6 is 0 Å². The van der Waals surface area contributed by atoms with Crippen LogP contribution in [0.4, 0.5) is 0 Å². The summed E-state index contributed by atoms with van der Waals surface area (Å²) < 4.78 is 21.6. The van der Waals surface area contributed by atoms with Crippen LogP contribution in [0.15, 0.2) is 0 Å². The van der Waals surface area contributed by atoms with Crippen LogP contribution in [0, 0.1) is 0 Å². The Balaban J connectivity index is 3.71. The highest BCUT2D eigenvalue weighted by Gasteiger charge is 2.33. The lowest BCUT2D eigenvalue weighted by Gasteiger charge is -2.23. The van der Waals surface area contributed by atoms with Crippen LogP contribution in [-0.4, -0.2) is 105 Å². The Morgan fingerprint density at radius 2 is 0.953 bits per heavy atom. The first-order valence-electron chi connectivity index (χ1n) is 16.0. The second-order valence-electron chi connectivity index (χ2n) is 11.0. The van der Waals surface area contributed by atoms with Crippen LogP contribution < -0.4 is 10.6 Å². The topological polar surface area (TPSA) is 170 Å². The molecular formula is C31H58N2O10. The van der Waals surface area contributed by atoms with Crippen LogP contribution in [-0.2, 0) is 38.1 Å². The van der Waals surface area contributed by atoms with Gasteiger partial charge in [0.25, 0.3) is 11.7 Å². The number of unbranched alkanes of at least 4 members (excludes halogenated alkanes) is 9. The third-order valence-corrected chi connectivity index (χ3v) is 6.57. The zero-order valence-electron chi connectivity index (χ0n) is 26.6. The first-order chi connectivity index (χ1) is 20.8. The Bertz CT molecular complexity index is 733. The van der Waals surface area contributed by atoms with Crippen LogP contribution in [0.3, 0.4) is 0 Å². The van der Waals surface area contributed by atoms with E-state index in [1.54, 1.807) is 13.8 Å². The monoisotopic (exact) mass is 618 g/mol. The maximum absolute atomic E-state index is 12.5. The van der Waals surface area contributed by atoms with Gasteiger partial charge in [0.1, 0.15) is 5.60 Å². The molecule has 12 heteroatoms. The average molecular weight is 619 g/mol. The number of amides is 2. The highest BCUT2D eigenvalue weighted by Crippen LogP contribution is 2.12. The summed E-state index contributed by atoms with van der Waals surface area (Å²) in [6, 6.07) is 0. The molecule has 0 aliphatic carbocycles. The molecule has 252 valence electrons. The highest BCUT2D eigenvalue weighted by molar-refractivity contribution is 6.39. The van der Waals surface area contributed by atoms with Crippen molar-refractivity contribution in [1.29, 1.82) is 0 Å². The molecule has 0 bridgehead atoms. The third-order valence-electron chi connectivity index (χ3n) is 6.57. The Morgan fingerprint density at radius 1 is 0.535 bits per heavy atom. The number of carbonyl (C=O) groups is 4. The van der Waals surface area contributed by atoms with Crippen molar-refractivity contribution in [3.05, 3.63) is 0 Å². The molecule has 0 spiro atoms. The molecule has 4 N–H and O–H groups in total. The van der Waals surface area contributed by atoms with Gasteiger partial charge in [0.15, 0.2) is 0 Å². The Morgan fingerprint density at radius 3 is 1.53 bits per heavy atom. The van der Waals surface area contributed by atoms with Gasteiger partial charge in [-0.15, -0.1) is 0 Å². The number of rotatable bonds is 30. The number of carbonyl (C=O) groups excluding carboxylic acids is 4. The molecule has 0 saturated heterocycles. The average Bonchev–Trinajstić information content (AvgIpc) is 2.99. The summed E-state index contributed by atoms with van der Waals surface area (Å²) >= 11 is 0. The molecule has 0 rings (SSSR count). The van der Waals surface area contributed by atoms with E-state index in [1.807, 2.05) is 0 Å². The van der Waals surface area contributed by atoms with Crippen molar-refractivity contribution in [2.75, 3.05) is 65.9 Å². The molecule has 0 atom stereocenters. The predicted molar refractivity (Wildman–Crippen MR) is 162 cm³/mol. The van der Waals surface area contributed by atoms with E-state index in [0.29, 0.717) is 65.4 Å². The standard InChI is InChI=1S/C31H58N2O10/c1-31(2,43-26-13-6-12-22-40-23-14-10-20-35)27(36)28(37)32-17-7-3-4-8-18-33-29(38)30(39)42-25-16-15-24-41-21-11-5-9-19-34/h34-35H,3-26H2,1-2H3,(H,32,37)(H,33,38). The van der Waals surface area contributed by atoms with Crippen molar-refractivity contribution < 1.29 is 48.3 Å². The lowest BCUT2D eigenvalue weighted by Crippen LogP contribution is -2.46. The largest absolute Gasteiger partial charge is 0.459 e. The molecule has 43 heavy (non-hydrogen) atoms. The second kappa shape index (κ2) is 28.6. The lowest BCUT2D eigenvalue weighted by atomic mass is 10.0. The molecule has 12 nitrogen and oxygen atoms in total. The van der Waals surface area contributed by atoms with E-state index in [4.69, 9.17) is 29.2 Å². The van der Waals surface area contributed by atoms with E-state index < -0.39 is 29.2 Å². The van der Waals surface area contributed by atoms with Gasteiger partial charge in [-0.1, -0.05) is 12.8 Å². The molecular weight excluding hydrogens is 560 g/mol. The minimum absolute atomic E-state index is 0.168. The molecule has 0 aliphatic heterocycles. The first kappa shape index (κ1) is 40.9. The Hall–Kier alpha value is -2.12. The Kier molecular flexibility index (Phi) is 27.2. The van der Waals surface area contributed by atoms with E-state index in [9.17, 15) is 19.2 Å². The minimum Gasteiger partial charge on any atom is -0.459 e. The van der Waals surface area contributed by atoms with Crippen molar-refractivity contribution in [2.45, 2.75) is 109 Å². The molecule has 0 aliphatic rings. The number of Topliss-reactive ketones (excluding diaryl/α,β-unsaturated/α-hetero) is 1. The number of esters is 1. The minimum atomic E-state index is -1.19. The summed E-state index contributed by atoms with van der Waals surface area (Å²) in [7, 11) is 0. The van der Waals surface area contributed by atoms with E-state index >= 15 is 0 Å². The number of ketones is 1. The van der Waals surface area contributed by atoms with E-state index in [1.165, 1.54) is 0 Å². The van der Waals surface area contributed by atoms with Gasteiger partial charge in [-0.3, -0.25) is 14.4 Å². The number of hydrogen-bond acceptors (Lipinski definition) is 10. The van der Waals surface area contributed by atoms with Crippen molar-refractivity contribution in [3.63, 3.8) is 0 Å². The Labute approximate surface area is 257 Å². The van der Waals surface area contributed by atoms with Crippen LogP contribution in [0.5, 0.6) is 0 Å². The number of hydrogen-bond donors (Lipinski definition) is 4. The highest BCUT2D eigenvalue weighted by atomic mass is 16.5. The van der Waals surface area contributed by atoms with Crippen molar-refractivity contribution >= 4 is 23.6 Å². The molecule has 0 aromatic carbocycles. The number of aliphatic hydroxyl groups is 2. The maximum atomic E-state index is 12.5. The van der Waals surface area contributed by atoms with Gasteiger partial charge < -0.3 is 39.8 Å². The molecule has 2 amide bonds. The van der Waals surface area contributed by atoms with Gasteiger partial charge in [-0.05, 0) is 90.9 Å². The molecule has 0 saturated carbocycles. The van der Waals surface area contributed by atoms with E-state index in [-0.39, 0.29) is 19.8 Å². The molecule has 0 unspecified atom stereocenters. The van der Waals surface area contributed by atoms with Gasteiger partial charge in [-0.25, -0.2) is 4.79 Å². The number of nitrogens with one attached hydrogen (secondary N) is 2. The predicted octanol–water partition coefficient (Wildman–Crippen LogP) is 2.61. The summed E-state index contributed by atoms with van der Waals surface area (Å²) in [5.74, 6) is -2.91. The molecule has 0 heterocycles. The fourth-order valence-electron chi connectivity index (χ4n) is 3.86. The second-order valence-corrected chi connectivity index (χ2v) is 11.0. The summed E-state index contributed by atoms with van der Waals surface area (Å²) in [5, 5.41) is 22.6. The SMILES string of the molecule is CC(C)(OCCCCCOCCCCO)C(=O)C(=O)NCCCCCCNC(=O)C(=O)OCCCCOCCCCCO. The van der Waals surface area contributed by atoms with Gasteiger partial charge >= 0.3 is 11.9 Å². The van der Waals surface area contributed by atoms with E-state index in [2.05, 4.69) is 10.6 Å². The van der Waals surface area contributed by atoms with E-state index in [0.717, 1.165) is 70.6 Å². The van der Waals surface area contributed by atoms with Crippen LogP contribution in [0.25, 0.3) is 0 Å². The summed E-state index contributed by atoms with van der Waals surface area (Å²) in [6.45, 7) is 7.39. The van der Waals surface area contributed by atoms with Gasteiger partial charge in [0.2, 0.25) is 0 Å². The first-order valence-corrected chi connectivity index (χ1v) is 16.0. The third kappa shape index (κ3) is 25.0. The number of aliphatic hydroxyl groups excluding tert-OH is 2. The summed E-state index contributed by atoms with van der Waals surface area (Å²) in [5.41, 5.74) is -1.19. The zero-order valence-corrected chi connectivity index (χ0v) is 26.6. The van der Waals surface area contributed by atoms with Crippen LogP contribution in [0.2, 0.25) is 0 Å². The number of ether oxygens (including phenoxy) is 4. The molecule has 0 radical (unpaired) electrons. The van der Waals surface area contributed by atoms with Crippen molar-refractivity contribution in [2.24, 2.45) is 0 Å². The van der Waals surface area contributed by atoms with Crippen molar-refractivity contribution in [1.82, 2.24) is 10.6 Å².